The smallest absolute Gasteiger partial charge is 0.212 e. The van der Waals surface area contributed by atoms with Crippen molar-refractivity contribution >= 4 is 40.3 Å². The molecule has 0 aliphatic carbocycles. The van der Waals surface area contributed by atoms with E-state index in [1.807, 2.05) is 25.1 Å². The molecule has 0 bridgehead atoms. The topological polar surface area (TPSA) is 7.12 Å². The van der Waals surface area contributed by atoms with Gasteiger partial charge in [0, 0.05) is 48.4 Å². The predicted molar refractivity (Wildman–Crippen MR) is 99.8 cm³/mol. The fourth-order valence-electron chi connectivity index (χ4n) is 2.63. The van der Waals surface area contributed by atoms with Crippen molar-refractivity contribution in [1.82, 2.24) is 0 Å². The Balaban J connectivity index is 1.96. The van der Waals surface area contributed by atoms with Gasteiger partial charge in [-0.3, -0.25) is 0 Å². The van der Waals surface area contributed by atoms with Gasteiger partial charge in [0.05, 0.1) is 0 Å². The Kier molecular flexibility index (Phi) is 4.35. The molecule has 1 aromatic heterocycles. The average Bonchev–Trinajstić information content (AvgIpc) is 2.55. The number of hydrogen-bond donors (Lipinski definition) is 0. The summed E-state index contributed by atoms with van der Waals surface area (Å²) < 4.78 is 2.19. The van der Waals surface area contributed by atoms with Crippen LogP contribution in [0.1, 0.15) is 11.3 Å². The summed E-state index contributed by atoms with van der Waals surface area (Å²) in [7, 11) is 6.10. The van der Waals surface area contributed by atoms with E-state index in [0.29, 0.717) is 0 Å². The second-order valence-electron chi connectivity index (χ2n) is 5.81. The second-order valence-corrected chi connectivity index (χ2v) is 6.22. The molecule has 0 amide bonds. The minimum Gasteiger partial charge on any atom is -0.378 e. The van der Waals surface area contributed by atoms with Crippen LogP contribution in [-0.4, -0.2) is 14.1 Å². The average molecular weight is 324 g/mol. The lowest BCUT2D eigenvalue weighted by atomic mass is 10.1. The van der Waals surface area contributed by atoms with Crippen LogP contribution in [0.5, 0.6) is 0 Å². The lowest BCUT2D eigenvalue weighted by molar-refractivity contribution is -0.646. The van der Waals surface area contributed by atoms with Gasteiger partial charge in [0.2, 0.25) is 11.2 Å². The highest BCUT2D eigenvalue weighted by Crippen LogP contribution is 2.24. The van der Waals surface area contributed by atoms with E-state index in [0.717, 1.165) is 22.0 Å². The van der Waals surface area contributed by atoms with Crippen molar-refractivity contribution in [2.75, 3.05) is 19.0 Å². The van der Waals surface area contributed by atoms with Crippen molar-refractivity contribution in [3.05, 3.63) is 70.9 Å². The Morgan fingerprint density at radius 3 is 2.48 bits per heavy atom. The van der Waals surface area contributed by atoms with E-state index in [4.69, 9.17) is 11.6 Å². The van der Waals surface area contributed by atoms with Gasteiger partial charge in [0.15, 0.2) is 0 Å². The molecule has 116 valence electrons. The standard InChI is InChI=1S/C20H20ClN2/c1-22(2)18-13-9-15(19(21)14-18)8-11-17-12-10-16-6-4-5-7-20(16)23(17)3/h4-14H,1-3H3/q+1. The third-order valence-corrected chi connectivity index (χ3v) is 4.38. The Labute approximate surface area is 142 Å². The molecule has 0 atom stereocenters. The van der Waals surface area contributed by atoms with Crippen LogP contribution in [0.3, 0.4) is 0 Å². The number of benzene rings is 2. The Hall–Kier alpha value is -2.32. The quantitative estimate of drug-likeness (QED) is 0.641. The van der Waals surface area contributed by atoms with Crippen LogP contribution in [0.2, 0.25) is 5.02 Å². The molecule has 0 unspecified atom stereocenters. The monoisotopic (exact) mass is 323 g/mol. The number of fused-ring (bicyclic) bond motifs is 1. The van der Waals surface area contributed by atoms with E-state index in [1.54, 1.807) is 0 Å². The maximum absolute atomic E-state index is 6.39. The van der Waals surface area contributed by atoms with Gasteiger partial charge in [-0.15, -0.1) is 0 Å². The molecular formula is C20H20ClN2+. The molecule has 0 saturated carbocycles. The summed E-state index contributed by atoms with van der Waals surface area (Å²) in [6, 6.07) is 18.8. The highest BCUT2D eigenvalue weighted by atomic mass is 35.5. The Morgan fingerprint density at radius 2 is 1.74 bits per heavy atom. The van der Waals surface area contributed by atoms with Gasteiger partial charge < -0.3 is 4.90 Å². The van der Waals surface area contributed by atoms with Crippen molar-refractivity contribution < 1.29 is 4.57 Å². The molecular weight excluding hydrogens is 304 g/mol. The molecule has 0 aliphatic rings. The van der Waals surface area contributed by atoms with Crippen molar-refractivity contribution in [1.29, 1.82) is 0 Å². The zero-order valence-electron chi connectivity index (χ0n) is 13.6. The van der Waals surface area contributed by atoms with E-state index in [2.05, 4.69) is 72.3 Å². The van der Waals surface area contributed by atoms with Gasteiger partial charge in [0.1, 0.15) is 7.05 Å². The molecule has 23 heavy (non-hydrogen) atoms. The minimum atomic E-state index is 0.760. The van der Waals surface area contributed by atoms with Crippen LogP contribution in [0.15, 0.2) is 54.6 Å². The normalized spacial score (nSPS) is 11.3. The molecule has 0 aliphatic heterocycles. The lowest BCUT2D eigenvalue weighted by Crippen LogP contribution is -2.32. The molecule has 3 heteroatoms. The molecule has 2 nitrogen and oxygen atoms in total. The Morgan fingerprint density at radius 1 is 0.957 bits per heavy atom. The van der Waals surface area contributed by atoms with Crippen molar-refractivity contribution in [3.63, 3.8) is 0 Å². The largest absolute Gasteiger partial charge is 0.378 e. The lowest BCUT2D eigenvalue weighted by Gasteiger charge is -2.13. The number of halogens is 1. The maximum atomic E-state index is 6.39. The summed E-state index contributed by atoms with van der Waals surface area (Å²) in [6.45, 7) is 0. The molecule has 2 aromatic carbocycles. The first-order valence-corrected chi connectivity index (χ1v) is 7.97. The van der Waals surface area contributed by atoms with E-state index in [1.165, 1.54) is 10.9 Å². The van der Waals surface area contributed by atoms with E-state index in [-0.39, 0.29) is 0 Å². The number of anilines is 1. The van der Waals surface area contributed by atoms with Crippen molar-refractivity contribution in [2.24, 2.45) is 7.05 Å². The first kappa shape index (κ1) is 15.6. The van der Waals surface area contributed by atoms with Crippen LogP contribution >= 0.6 is 11.6 Å². The van der Waals surface area contributed by atoms with Crippen LogP contribution in [0, 0.1) is 0 Å². The number of pyridine rings is 1. The summed E-state index contributed by atoms with van der Waals surface area (Å²) >= 11 is 6.39. The van der Waals surface area contributed by atoms with Gasteiger partial charge in [-0.2, -0.15) is 4.57 Å². The van der Waals surface area contributed by atoms with Gasteiger partial charge in [-0.25, -0.2) is 0 Å². The zero-order valence-corrected chi connectivity index (χ0v) is 14.4. The van der Waals surface area contributed by atoms with Crippen LogP contribution in [-0.2, 0) is 7.05 Å². The second kappa shape index (κ2) is 6.43. The van der Waals surface area contributed by atoms with Crippen molar-refractivity contribution in [3.8, 4) is 0 Å². The molecule has 0 fully saturated rings. The number of para-hydroxylation sites is 1. The summed E-state index contributed by atoms with van der Waals surface area (Å²) in [5, 5.41) is 2.00. The first-order valence-electron chi connectivity index (χ1n) is 7.59. The fourth-order valence-corrected chi connectivity index (χ4v) is 2.87. The number of rotatable bonds is 3. The minimum absolute atomic E-state index is 0.760. The van der Waals surface area contributed by atoms with Crippen LogP contribution in [0.4, 0.5) is 5.69 Å². The van der Waals surface area contributed by atoms with Gasteiger partial charge in [-0.05, 0) is 35.9 Å². The maximum Gasteiger partial charge on any atom is 0.212 e. The highest BCUT2D eigenvalue weighted by molar-refractivity contribution is 6.32. The van der Waals surface area contributed by atoms with E-state index in [9.17, 15) is 0 Å². The number of hydrogen-bond acceptors (Lipinski definition) is 1. The summed E-state index contributed by atoms with van der Waals surface area (Å²) in [4.78, 5) is 2.04. The number of aromatic nitrogens is 1. The Bertz CT molecular complexity index is 882. The summed E-state index contributed by atoms with van der Waals surface area (Å²) in [6.07, 6.45) is 4.16. The first-order chi connectivity index (χ1) is 11.1. The van der Waals surface area contributed by atoms with Crippen LogP contribution < -0.4 is 9.47 Å². The molecule has 1 heterocycles. The number of nitrogens with zero attached hydrogens (tertiary/aromatic N) is 2. The van der Waals surface area contributed by atoms with E-state index >= 15 is 0 Å². The molecule has 3 aromatic rings. The fraction of sp³-hybridized carbons (Fsp3) is 0.150. The third-order valence-electron chi connectivity index (χ3n) is 4.05. The molecule has 0 radical (unpaired) electrons. The molecule has 0 N–H and O–H groups in total. The molecule has 3 rings (SSSR count). The van der Waals surface area contributed by atoms with E-state index < -0.39 is 0 Å². The number of aryl methyl sites for hydroxylation is 1. The van der Waals surface area contributed by atoms with Crippen LogP contribution in [0.25, 0.3) is 23.1 Å². The molecule has 0 spiro atoms. The highest BCUT2D eigenvalue weighted by Gasteiger charge is 2.08. The predicted octanol–water partition coefficient (Wildman–Crippen LogP) is 4.55. The zero-order chi connectivity index (χ0) is 16.4. The third kappa shape index (κ3) is 3.22. The van der Waals surface area contributed by atoms with Gasteiger partial charge in [-0.1, -0.05) is 29.8 Å². The van der Waals surface area contributed by atoms with Crippen molar-refractivity contribution in [2.45, 2.75) is 0 Å². The summed E-state index contributed by atoms with van der Waals surface area (Å²) in [5.74, 6) is 0. The SMILES string of the molecule is CN(C)c1ccc(C=Cc2ccc3ccccc3[n+]2C)c(Cl)c1. The van der Waals surface area contributed by atoms with Gasteiger partial charge in [0.25, 0.3) is 0 Å². The van der Waals surface area contributed by atoms with Gasteiger partial charge >= 0.3 is 0 Å². The summed E-state index contributed by atoms with van der Waals surface area (Å²) in [5.41, 5.74) is 4.47. The molecule has 0 saturated heterocycles.